The molecule has 0 radical (unpaired) electrons. The lowest BCUT2D eigenvalue weighted by Gasteiger charge is -2.14. The third kappa shape index (κ3) is 4.78. The van der Waals surface area contributed by atoms with Crippen molar-refractivity contribution in [3.8, 4) is 11.6 Å². The average molecular weight is 422 g/mol. The fraction of sp³-hybridized carbons (Fsp3) is 0.100. The molecule has 0 fully saturated rings. The molecule has 0 spiro atoms. The number of ether oxygens (including phenoxy) is 1. The number of anilines is 2. The standard InChI is InChI=1S/C20H15ClF3N3O2/c1-11-5-7-13(9-16(11)29-17-8-6-12(25)10-26-17)27-19(28)14-3-2-4-15(18(14)21)20(22,23)24/h2-10H,25H2,1H3,(H,27,28). The topological polar surface area (TPSA) is 77.2 Å². The summed E-state index contributed by atoms with van der Waals surface area (Å²) in [6, 6.07) is 11.2. The highest BCUT2D eigenvalue weighted by Gasteiger charge is 2.34. The summed E-state index contributed by atoms with van der Waals surface area (Å²) in [7, 11) is 0. The highest BCUT2D eigenvalue weighted by Crippen LogP contribution is 2.36. The zero-order valence-electron chi connectivity index (χ0n) is 15.0. The summed E-state index contributed by atoms with van der Waals surface area (Å²) in [5, 5.41) is 1.87. The molecule has 0 aliphatic heterocycles. The lowest BCUT2D eigenvalue weighted by molar-refractivity contribution is -0.137. The molecular weight excluding hydrogens is 407 g/mol. The number of hydrogen-bond acceptors (Lipinski definition) is 4. The summed E-state index contributed by atoms with van der Waals surface area (Å²) in [6.07, 6.45) is -3.23. The van der Waals surface area contributed by atoms with Gasteiger partial charge in [0.2, 0.25) is 5.88 Å². The number of benzene rings is 2. The fourth-order valence-electron chi connectivity index (χ4n) is 2.48. The Kier molecular flexibility index (Phi) is 5.65. The Labute approximate surface area is 169 Å². The smallest absolute Gasteiger partial charge is 0.417 e. The van der Waals surface area contributed by atoms with Gasteiger partial charge in [-0.05, 0) is 36.8 Å². The van der Waals surface area contributed by atoms with E-state index in [1.165, 1.54) is 18.3 Å². The number of nitrogens with two attached hydrogens (primary N) is 1. The number of carbonyl (C=O) groups excluding carboxylic acids is 1. The quantitative estimate of drug-likeness (QED) is 0.567. The van der Waals surface area contributed by atoms with Crippen LogP contribution in [0.1, 0.15) is 21.5 Å². The molecule has 3 rings (SSSR count). The lowest BCUT2D eigenvalue weighted by Crippen LogP contribution is -2.15. The molecule has 0 saturated heterocycles. The van der Waals surface area contributed by atoms with E-state index in [0.29, 0.717) is 23.0 Å². The van der Waals surface area contributed by atoms with Crippen molar-refractivity contribution in [2.24, 2.45) is 0 Å². The van der Waals surface area contributed by atoms with Crippen molar-refractivity contribution in [1.29, 1.82) is 0 Å². The number of nitrogens with zero attached hydrogens (tertiary/aromatic N) is 1. The van der Waals surface area contributed by atoms with Crippen LogP contribution in [0.15, 0.2) is 54.7 Å². The van der Waals surface area contributed by atoms with Gasteiger partial charge in [-0.25, -0.2) is 4.98 Å². The molecular formula is C20H15ClF3N3O2. The molecule has 1 amide bonds. The van der Waals surface area contributed by atoms with Gasteiger partial charge < -0.3 is 15.8 Å². The predicted molar refractivity (Wildman–Crippen MR) is 104 cm³/mol. The molecule has 1 heterocycles. The number of halogens is 4. The number of carbonyl (C=O) groups is 1. The van der Waals surface area contributed by atoms with Gasteiger partial charge in [-0.1, -0.05) is 23.7 Å². The Morgan fingerprint density at radius 1 is 1.17 bits per heavy atom. The highest BCUT2D eigenvalue weighted by molar-refractivity contribution is 6.35. The summed E-state index contributed by atoms with van der Waals surface area (Å²) in [4.78, 5) is 16.5. The number of aromatic nitrogens is 1. The van der Waals surface area contributed by atoms with Crippen molar-refractivity contribution in [3.05, 3.63) is 76.4 Å². The van der Waals surface area contributed by atoms with Crippen molar-refractivity contribution >= 4 is 28.9 Å². The minimum absolute atomic E-state index is 0.287. The SMILES string of the molecule is Cc1ccc(NC(=O)c2cccc(C(F)(F)F)c2Cl)cc1Oc1ccc(N)cn1. The minimum atomic E-state index is -4.66. The van der Waals surface area contributed by atoms with Gasteiger partial charge in [-0.15, -0.1) is 0 Å². The Balaban J connectivity index is 1.84. The molecule has 0 aliphatic carbocycles. The van der Waals surface area contributed by atoms with E-state index in [1.54, 1.807) is 31.2 Å². The molecule has 1 aromatic heterocycles. The summed E-state index contributed by atoms with van der Waals surface area (Å²) in [6.45, 7) is 1.79. The second kappa shape index (κ2) is 8.00. The Bertz CT molecular complexity index is 1050. The molecule has 5 nitrogen and oxygen atoms in total. The van der Waals surface area contributed by atoms with Crippen LogP contribution in [0.4, 0.5) is 24.5 Å². The third-order valence-corrected chi connectivity index (χ3v) is 4.38. The van der Waals surface area contributed by atoms with Gasteiger partial charge in [0, 0.05) is 17.8 Å². The lowest BCUT2D eigenvalue weighted by atomic mass is 10.1. The van der Waals surface area contributed by atoms with Gasteiger partial charge in [-0.3, -0.25) is 4.79 Å². The van der Waals surface area contributed by atoms with Crippen LogP contribution in [0.3, 0.4) is 0 Å². The van der Waals surface area contributed by atoms with Gasteiger partial charge in [0.25, 0.3) is 5.91 Å². The van der Waals surface area contributed by atoms with Crippen molar-refractivity contribution in [1.82, 2.24) is 4.98 Å². The first-order valence-electron chi connectivity index (χ1n) is 8.32. The van der Waals surface area contributed by atoms with Gasteiger partial charge >= 0.3 is 6.18 Å². The molecule has 0 aliphatic rings. The van der Waals surface area contributed by atoms with Crippen molar-refractivity contribution in [3.63, 3.8) is 0 Å². The second-order valence-corrected chi connectivity index (χ2v) is 6.51. The van der Waals surface area contributed by atoms with Gasteiger partial charge in [0.1, 0.15) is 5.75 Å². The summed E-state index contributed by atoms with van der Waals surface area (Å²) in [5.41, 5.74) is 5.79. The van der Waals surface area contributed by atoms with Crippen LogP contribution in [-0.2, 0) is 6.18 Å². The van der Waals surface area contributed by atoms with Crippen LogP contribution in [0, 0.1) is 6.92 Å². The normalized spacial score (nSPS) is 11.2. The molecule has 0 bridgehead atoms. The minimum Gasteiger partial charge on any atom is -0.439 e. The van der Waals surface area contributed by atoms with Crippen LogP contribution >= 0.6 is 11.6 Å². The van der Waals surface area contributed by atoms with Crippen LogP contribution in [0.5, 0.6) is 11.6 Å². The molecule has 9 heteroatoms. The monoisotopic (exact) mass is 421 g/mol. The number of amides is 1. The zero-order chi connectivity index (χ0) is 21.2. The maximum Gasteiger partial charge on any atom is 0.417 e. The van der Waals surface area contributed by atoms with E-state index in [0.717, 1.165) is 17.7 Å². The van der Waals surface area contributed by atoms with Crippen LogP contribution in [0.2, 0.25) is 5.02 Å². The highest BCUT2D eigenvalue weighted by atomic mass is 35.5. The van der Waals surface area contributed by atoms with E-state index in [9.17, 15) is 18.0 Å². The maximum atomic E-state index is 13.0. The largest absolute Gasteiger partial charge is 0.439 e. The van der Waals surface area contributed by atoms with Crippen molar-refractivity contribution in [2.75, 3.05) is 11.1 Å². The number of pyridine rings is 1. The Morgan fingerprint density at radius 2 is 1.93 bits per heavy atom. The van der Waals surface area contributed by atoms with E-state index in [2.05, 4.69) is 10.3 Å². The molecule has 29 heavy (non-hydrogen) atoms. The van der Waals surface area contributed by atoms with Gasteiger partial charge in [0.05, 0.1) is 28.0 Å². The van der Waals surface area contributed by atoms with E-state index >= 15 is 0 Å². The molecule has 2 aromatic carbocycles. The van der Waals surface area contributed by atoms with E-state index in [1.807, 2.05) is 0 Å². The second-order valence-electron chi connectivity index (χ2n) is 6.13. The van der Waals surface area contributed by atoms with Crippen LogP contribution in [-0.4, -0.2) is 10.9 Å². The Morgan fingerprint density at radius 3 is 2.59 bits per heavy atom. The zero-order valence-corrected chi connectivity index (χ0v) is 15.8. The molecule has 150 valence electrons. The first-order valence-corrected chi connectivity index (χ1v) is 8.70. The first-order chi connectivity index (χ1) is 13.6. The summed E-state index contributed by atoms with van der Waals surface area (Å²) in [5.74, 6) is -0.0663. The summed E-state index contributed by atoms with van der Waals surface area (Å²) < 4.78 is 44.7. The fourth-order valence-corrected chi connectivity index (χ4v) is 2.80. The van der Waals surface area contributed by atoms with Crippen LogP contribution < -0.4 is 15.8 Å². The summed E-state index contributed by atoms with van der Waals surface area (Å²) >= 11 is 5.81. The molecule has 0 saturated carbocycles. The number of aryl methyl sites for hydroxylation is 1. The maximum absolute atomic E-state index is 13.0. The number of rotatable bonds is 4. The average Bonchev–Trinajstić information content (AvgIpc) is 2.65. The van der Waals surface area contributed by atoms with Crippen LogP contribution in [0.25, 0.3) is 0 Å². The van der Waals surface area contributed by atoms with E-state index in [-0.39, 0.29) is 5.56 Å². The first kappa shape index (κ1) is 20.5. The molecule has 3 N–H and O–H groups in total. The third-order valence-electron chi connectivity index (χ3n) is 3.97. The Hall–Kier alpha value is -3.26. The number of nitrogen functional groups attached to an aromatic ring is 1. The van der Waals surface area contributed by atoms with Crippen molar-refractivity contribution in [2.45, 2.75) is 13.1 Å². The van der Waals surface area contributed by atoms with Gasteiger partial charge in [0.15, 0.2) is 0 Å². The molecule has 0 unspecified atom stereocenters. The molecule has 0 atom stereocenters. The number of alkyl halides is 3. The predicted octanol–water partition coefficient (Wildman–Crippen LogP) is 5.69. The number of nitrogens with one attached hydrogen (secondary N) is 1. The van der Waals surface area contributed by atoms with Gasteiger partial charge in [-0.2, -0.15) is 13.2 Å². The van der Waals surface area contributed by atoms with Crippen molar-refractivity contribution < 1.29 is 22.7 Å². The van der Waals surface area contributed by atoms with E-state index < -0.39 is 22.7 Å². The number of hydrogen-bond donors (Lipinski definition) is 2. The molecule has 3 aromatic rings. The van der Waals surface area contributed by atoms with E-state index in [4.69, 9.17) is 22.1 Å².